The van der Waals surface area contributed by atoms with Gasteiger partial charge in [0.2, 0.25) is 0 Å². The number of fused-ring (bicyclic) bond motifs is 1. The number of sulfone groups is 1. The smallest absolute Gasteiger partial charge is 0.180 e. The van der Waals surface area contributed by atoms with Crippen molar-refractivity contribution < 1.29 is 8.42 Å². The highest BCUT2D eigenvalue weighted by Gasteiger charge is 2.24. The molecule has 2 aromatic rings. The molecule has 0 aliphatic carbocycles. The van der Waals surface area contributed by atoms with E-state index in [9.17, 15) is 8.42 Å². The Morgan fingerprint density at radius 1 is 1.33 bits per heavy atom. The monoisotopic (exact) mass is 309 g/mol. The van der Waals surface area contributed by atoms with Gasteiger partial charge in [-0.05, 0) is 6.42 Å². The number of hydrogen-bond acceptors (Lipinski definition) is 6. The summed E-state index contributed by atoms with van der Waals surface area (Å²) < 4.78 is 25.1. The number of aromatic nitrogens is 3. The summed E-state index contributed by atoms with van der Waals surface area (Å²) in [6.45, 7) is 3.88. The Hall–Kier alpha value is -1.83. The lowest BCUT2D eigenvalue weighted by molar-refractivity contribution is 0.586. The van der Waals surface area contributed by atoms with Gasteiger partial charge in [0.15, 0.2) is 21.3 Å². The summed E-state index contributed by atoms with van der Waals surface area (Å²) in [6, 6.07) is 0. The molecule has 8 heteroatoms. The first-order valence-corrected chi connectivity index (χ1v) is 8.94. The Morgan fingerprint density at radius 2 is 2.10 bits per heavy atom. The molecule has 3 heterocycles. The molecule has 0 amide bonds. The van der Waals surface area contributed by atoms with Crippen LogP contribution in [0, 0.1) is 0 Å². The molecule has 21 heavy (non-hydrogen) atoms. The summed E-state index contributed by atoms with van der Waals surface area (Å²) >= 11 is 0. The van der Waals surface area contributed by atoms with Crippen LogP contribution in [-0.2, 0) is 9.84 Å². The van der Waals surface area contributed by atoms with Gasteiger partial charge in [-0.15, -0.1) is 0 Å². The van der Waals surface area contributed by atoms with Gasteiger partial charge in [0.1, 0.15) is 5.82 Å². The van der Waals surface area contributed by atoms with Gasteiger partial charge < -0.3 is 14.6 Å². The second kappa shape index (κ2) is 5.51. The number of nitrogens with zero attached hydrogens (tertiary/aromatic N) is 4. The molecular weight excluding hydrogens is 290 g/mol. The van der Waals surface area contributed by atoms with Crippen molar-refractivity contribution in [3.8, 4) is 0 Å². The maximum absolute atomic E-state index is 11.6. The van der Waals surface area contributed by atoms with Crippen molar-refractivity contribution >= 4 is 27.1 Å². The normalized spacial score (nSPS) is 18.0. The molecule has 0 radical (unpaired) electrons. The molecule has 114 valence electrons. The van der Waals surface area contributed by atoms with Crippen molar-refractivity contribution in [1.82, 2.24) is 14.4 Å². The Bertz CT molecular complexity index is 726. The zero-order valence-electron chi connectivity index (χ0n) is 12.0. The van der Waals surface area contributed by atoms with Gasteiger partial charge in [-0.2, -0.15) is 0 Å². The third-order valence-corrected chi connectivity index (χ3v) is 5.17. The van der Waals surface area contributed by atoms with E-state index < -0.39 is 9.84 Å². The molecule has 1 aliphatic rings. The van der Waals surface area contributed by atoms with E-state index in [1.807, 2.05) is 21.7 Å². The second-order valence-electron chi connectivity index (χ2n) is 5.17. The number of hydrogen-bond donors (Lipinski definition) is 1. The van der Waals surface area contributed by atoms with Gasteiger partial charge in [-0.3, -0.25) is 0 Å². The van der Waals surface area contributed by atoms with E-state index in [1.54, 1.807) is 6.20 Å². The summed E-state index contributed by atoms with van der Waals surface area (Å²) in [5.74, 6) is 1.88. The molecule has 0 aromatic carbocycles. The van der Waals surface area contributed by atoms with Gasteiger partial charge in [0, 0.05) is 32.0 Å². The number of rotatable bonds is 4. The zero-order valence-corrected chi connectivity index (χ0v) is 12.8. The minimum Gasteiger partial charge on any atom is -0.369 e. The van der Waals surface area contributed by atoms with Crippen LogP contribution in [0.1, 0.15) is 13.3 Å². The minimum absolute atomic E-state index is 0.175. The highest BCUT2D eigenvalue weighted by molar-refractivity contribution is 7.91. The topological polar surface area (TPSA) is 79.6 Å². The Balaban J connectivity index is 1.94. The van der Waals surface area contributed by atoms with Crippen LogP contribution in [0.2, 0.25) is 0 Å². The summed E-state index contributed by atoms with van der Waals surface area (Å²) in [5.41, 5.74) is 0.761. The van der Waals surface area contributed by atoms with Gasteiger partial charge in [-0.25, -0.2) is 18.4 Å². The van der Waals surface area contributed by atoms with Crippen LogP contribution in [0.3, 0.4) is 0 Å². The standard InChI is InChI=1S/C13H19N5O2S/c1-2-3-14-11-10-18-5-4-15-12(18)13(16-11)17-6-8-21(19,20)9-7-17/h4-5,10,14H,2-3,6-9H2,1H3. The van der Waals surface area contributed by atoms with Crippen LogP contribution >= 0.6 is 0 Å². The average Bonchev–Trinajstić information content (AvgIpc) is 2.92. The minimum atomic E-state index is -2.90. The third-order valence-electron chi connectivity index (χ3n) is 3.56. The molecule has 1 saturated heterocycles. The molecule has 0 saturated carbocycles. The lowest BCUT2D eigenvalue weighted by atomic mass is 10.4. The molecule has 0 atom stereocenters. The maximum atomic E-state index is 11.6. The first-order chi connectivity index (χ1) is 10.1. The fraction of sp³-hybridized carbons (Fsp3) is 0.538. The molecule has 0 spiro atoms. The van der Waals surface area contributed by atoms with E-state index in [2.05, 4.69) is 22.2 Å². The van der Waals surface area contributed by atoms with Crippen LogP contribution in [0.4, 0.5) is 11.6 Å². The van der Waals surface area contributed by atoms with Gasteiger partial charge >= 0.3 is 0 Å². The van der Waals surface area contributed by atoms with Crippen LogP contribution in [0.15, 0.2) is 18.6 Å². The van der Waals surface area contributed by atoms with Crippen molar-refractivity contribution in [2.45, 2.75) is 13.3 Å². The number of nitrogens with one attached hydrogen (secondary N) is 1. The summed E-state index contributed by atoms with van der Waals surface area (Å²) in [7, 11) is -2.90. The number of imidazole rings is 1. The predicted molar refractivity (Wildman–Crippen MR) is 82.6 cm³/mol. The van der Waals surface area contributed by atoms with E-state index in [-0.39, 0.29) is 11.5 Å². The molecule has 7 nitrogen and oxygen atoms in total. The molecule has 0 bridgehead atoms. The fourth-order valence-corrected chi connectivity index (χ4v) is 3.59. The van der Waals surface area contributed by atoms with Crippen LogP contribution in [0.25, 0.3) is 5.65 Å². The highest BCUT2D eigenvalue weighted by Crippen LogP contribution is 2.22. The van der Waals surface area contributed by atoms with Crippen molar-refractivity contribution in [3.63, 3.8) is 0 Å². The molecular formula is C13H19N5O2S. The van der Waals surface area contributed by atoms with Crippen molar-refractivity contribution in [2.24, 2.45) is 0 Å². The van der Waals surface area contributed by atoms with Crippen LogP contribution < -0.4 is 10.2 Å². The van der Waals surface area contributed by atoms with E-state index in [1.165, 1.54) is 0 Å². The predicted octanol–water partition coefficient (Wildman–Crippen LogP) is 0.786. The van der Waals surface area contributed by atoms with Gasteiger partial charge in [0.25, 0.3) is 0 Å². The Kier molecular flexibility index (Phi) is 3.71. The van der Waals surface area contributed by atoms with Gasteiger partial charge in [0.05, 0.1) is 17.7 Å². The van der Waals surface area contributed by atoms with Crippen molar-refractivity contribution in [1.29, 1.82) is 0 Å². The van der Waals surface area contributed by atoms with E-state index in [0.29, 0.717) is 13.1 Å². The third kappa shape index (κ3) is 2.94. The molecule has 1 fully saturated rings. The maximum Gasteiger partial charge on any atom is 0.180 e. The average molecular weight is 309 g/mol. The highest BCUT2D eigenvalue weighted by atomic mass is 32.2. The number of anilines is 2. The Morgan fingerprint density at radius 3 is 2.81 bits per heavy atom. The van der Waals surface area contributed by atoms with Crippen LogP contribution in [0.5, 0.6) is 0 Å². The summed E-state index contributed by atoms with van der Waals surface area (Å²) in [5, 5.41) is 3.27. The van der Waals surface area contributed by atoms with Crippen molar-refractivity contribution in [3.05, 3.63) is 18.6 Å². The summed E-state index contributed by atoms with van der Waals surface area (Å²) in [4.78, 5) is 11.0. The molecule has 1 aliphatic heterocycles. The fourth-order valence-electron chi connectivity index (χ4n) is 2.39. The Labute approximate surface area is 123 Å². The SMILES string of the molecule is CCCNc1cn2ccnc2c(N2CCS(=O)(=O)CC2)n1. The molecule has 3 rings (SSSR count). The molecule has 2 aromatic heterocycles. The van der Waals surface area contributed by atoms with Crippen molar-refractivity contribution in [2.75, 3.05) is 41.4 Å². The lowest BCUT2D eigenvalue weighted by Crippen LogP contribution is -2.41. The first-order valence-electron chi connectivity index (χ1n) is 7.12. The zero-order chi connectivity index (χ0) is 14.9. The van der Waals surface area contributed by atoms with E-state index >= 15 is 0 Å². The molecule has 1 N–H and O–H groups in total. The second-order valence-corrected chi connectivity index (χ2v) is 7.48. The van der Waals surface area contributed by atoms with Gasteiger partial charge in [-0.1, -0.05) is 6.92 Å². The molecule has 0 unspecified atom stereocenters. The van der Waals surface area contributed by atoms with E-state index in [4.69, 9.17) is 0 Å². The first kappa shape index (κ1) is 14.1. The van der Waals surface area contributed by atoms with E-state index in [0.717, 1.165) is 30.2 Å². The quantitative estimate of drug-likeness (QED) is 0.899. The van der Waals surface area contributed by atoms with Crippen LogP contribution in [-0.4, -0.2) is 53.9 Å². The largest absolute Gasteiger partial charge is 0.369 e. The summed E-state index contributed by atoms with van der Waals surface area (Å²) in [6.07, 6.45) is 6.52. The lowest BCUT2D eigenvalue weighted by Gasteiger charge is -2.28.